The van der Waals surface area contributed by atoms with Crippen LogP contribution in [0.2, 0.25) is 0 Å². The minimum Gasteiger partial charge on any atom is -0.465 e. The van der Waals surface area contributed by atoms with Crippen LogP contribution in [0.25, 0.3) is 16.7 Å². The highest BCUT2D eigenvalue weighted by atomic mass is 19.1. The first-order valence-corrected chi connectivity index (χ1v) is 9.25. The highest BCUT2D eigenvalue weighted by molar-refractivity contribution is 5.73. The highest BCUT2D eigenvalue weighted by Gasteiger charge is 2.20. The molecular formula is C20H22FN3O3. The van der Waals surface area contributed by atoms with E-state index < -0.39 is 6.09 Å². The number of carbonyl (C=O) groups is 1. The molecule has 1 aromatic carbocycles. The third kappa shape index (κ3) is 3.73. The molecule has 1 amide bonds. The molecule has 2 aliphatic heterocycles. The fourth-order valence-corrected chi connectivity index (χ4v) is 3.62. The van der Waals surface area contributed by atoms with E-state index in [1.54, 1.807) is 18.3 Å². The monoisotopic (exact) mass is 371 g/mol. The Bertz CT molecular complexity index is 871. The third-order valence-electron chi connectivity index (χ3n) is 5.18. The molecule has 6 nitrogen and oxygen atoms in total. The van der Waals surface area contributed by atoms with Crippen LogP contribution in [0.5, 0.6) is 0 Å². The Hall–Kier alpha value is -2.67. The molecule has 0 radical (unpaired) electrons. The molecule has 1 unspecified atom stereocenters. The van der Waals surface area contributed by atoms with Crippen molar-refractivity contribution < 1.29 is 19.0 Å². The van der Waals surface area contributed by atoms with Gasteiger partial charge in [0.05, 0.1) is 6.20 Å². The molecule has 0 saturated carbocycles. The van der Waals surface area contributed by atoms with Crippen molar-refractivity contribution in [1.82, 2.24) is 14.7 Å². The van der Waals surface area contributed by atoms with Crippen LogP contribution in [0, 0.1) is 5.82 Å². The quantitative estimate of drug-likeness (QED) is 0.880. The summed E-state index contributed by atoms with van der Waals surface area (Å²) in [5, 5.41) is 13.4. The van der Waals surface area contributed by atoms with Gasteiger partial charge in [0.25, 0.3) is 0 Å². The van der Waals surface area contributed by atoms with Crippen LogP contribution in [0.3, 0.4) is 0 Å². The van der Waals surface area contributed by atoms with E-state index in [1.165, 1.54) is 11.0 Å². The van der Waals surface area contributed by atoms with Gasteiger partial charge in [-0.25, -0.2) is 13.9 Å². The standard InChI is InChI=1S/C20H22FN3O3/c21-18-11-15(16-12-22-24(13-16)19-3-1-2-10-27-19)4-5-17(18)14-6-8-23(9-7-14)20(25)26/h4-6,11-13,19H,1-3,7-10H2,(H,25,26). The summed E-state index contributed by atoms with van der Waals surface area (Å²) in [4.78, 5) is 12.3. The van der Waals surface area contributed by atoms with E-state index in [-0.39, 0.29) is 12.0 Å². The van der Waals surface area contributed by atoms with E-state index in [1.807, 2.05) is 16.9 Å². The predicted octanol–water partition coefficient (Wildman–Crippen LogP) is 4.16. The minimum atomic E-state index is -0.944. The number of rotatable bonds is 3. The first kappa shape index (κ1) is 17.7. The van der Waals surface area contributed by atoms with Crippen molar-refractivity contribution in [1.29, 1.82) is 0 Å². The molecule has 4 rings (SSSR count). The number of carboxylic acid groups (broad SMARTS) is 1. The average Bonchev–Trinajstić information content (AvgIpc) is 3.19. The van der Waals surface area contributed by atoms with E-state index in [0.29, 0.717) is 25.1 Å². The fraction of sp³-hybridized carbons (Fsp3) is 0.400. The van der Waals surface area contributed by atoms with Crippen molar-refractivity contribution in [2.45, 2.75) is 31.9 Å². The largest absolute Gasteiger partial charge is 0.465 e. The zero-order chi connectivity index (χ0) is 18.8. The molecular weight excluding hydrogens is 349 g/mol. The predicted molar refractivity (Wildman–Crippen MR) is 98.7 cm³/mol. The van der Waals surface area contributed by atoms with E-state index in [9.17, 15) is 9.18 Å². The normalized spacial score (nSPS) is 20.4. The van der Waals surface area contributed by atoms with Crippen LogP contribution in [-0.4, -0.2) is 45.6 Å². The molecule has 1 atom stereocenters. The third-order valence-corrected chi connectivity index (χ3v) is 5.18. The van der Waals surface area contributed by atoms with Crippen molar-refractivity contribution in [3.8, 4) is 11.1 Å². The van der Waals surface area contributed by atoms with Crippen LogP contribution in [-0.2, 0) is 4.74 Å². The molecule has 0 bridgehead atoms. The van der Waals surface area contributed by atoms with E-state index in [2.05, 4.69) is 5.10 Å². The smallest absolute Gasteiger partial charge is 0.407 e. The van der Waals surface area contributed by atoms with Crippen molar-refractivity contribution in [2.75, 3.05) is 19.7 Å². The zero-order valence-corrected chi connectivity index (χ0v) is 15.0. The second-order valence-corrected chi connectivity index (χ2v) is 6.93. The summed E-state index contributed by atoms with van der Waals surface area (Å²) in [6.07, 6.45) is 8.09. The maximum absolute atomic E-state index is 14.7. The summed E-state index contributed by atoms with van der Waals surface area (Å²) in [5.74, 6) is -0.302. The number of halogens is 1. The van der Waals surface area contributed by atoms with Gasteiger partial charge in [0.15, 0.2) is 0 Å². The van der Waals surface area contributed by atoms with Crippen LogP contribution in [0.4, 0.5) is 9.18 Å². The van der Waals surface area contributed by atoms with Gasteiger partial charge in [-0.1, -0.05) is 18.2 Å². The Balaban J connectivity index is 1.52. The summed E-state index contributed by atoms with van der Waals surface area (Å²) < 4.78 is 22.3. The van der Waals surface area contributed by atoms with Crippen molar-refractivity contribution in [3.63, 3.8) is 0 Å². The topological polar surface area (TPSA) is 67.6 Å². The lowest BCUT2D eigenvalue weighted by molar-refractivity contribution is -0.0394. The van der Waals surface area contributed by atoms with Crippen LogP contribution in [0.1, 0.15) is 37.5 Å². The maximum Gasteiger partial charge on any atom is 0.407 e. The lowest BCUT2D eigenvalue weighted by Crippen LogP contribution is -2.33. The summed E-state index contributed by atoms with van der Waals surface area (Å²) in [5.41, 5.74) is 3.00. The van der Waals surface area contributed by atoms with Gasteiger partial charge in [0.1, 0.15) is 12.0 Å². The Kier molecular flexibility index (Phi) is 4.94. The van der Waals surface area contributed by atoms with E-state index in [4.69, 9.17) is 9.84 Å². The van der Waals surface area contributed by atoms with Crippen LogP contribution in [0.15, 0.2) is 36.7 Å². The van der Waals surface area contributed by atoms with Gasteiger partial charge in [0, 0.05) is 37.0 Å². The Morgan fingerprint density at radius 3 is 2.85 bits per heavy atom. The summed E-state index contributed by atoms with van der Waals surface area (Å²) in [7, 11) is 0. The summed E-state index contributed by atoms with van der Waals surface area (Å²) in [6, 6.07) is 5.16. The number of hydrogen-bond donors (Lipinski definition) is 1. The van der Waals surface area contributed by atoms with Gasteiger partial charge in [-0.2, -0.15) is 5.10 Å². The van der Waals surface area contributed by atoms with Crippen molar-refractivity contribution in [2.24, 2.45) is 0 Å². The number of ether oxygens (including phenoxy) is 1. The molecule has 142 valence electrons. The maximum atomic E-state index is 14.7. The van der Waals surface area contributed by atoms with Gasteiger partial charge in [0.2, 0.25) is 0 Å². The minimum absolute atomic E-state index is 0.0406. The molecule has 0 spiro atoms. The van der Waals surface area contributed by atoms with Gasteiger partial charge in [-0.3, -0.25) is 0 Å². The molecule has 0 aliphatic carbocycles. The second-order valence-electron chi connectivity index (χ2n) is 6.93. The number of benzene rings is 1. The van der Waals surface area contributed by atoms with Crippen LogP contribution >= 0.6 is 0 Å². The van der Waals surface area contributed by atoms with Crippen molar-refractivity contribution in [3.05, 3.63) is 48.0 Å². The molecule has 1 N–H and O–H groups in total. The first-order valence-electron chi connectivity index (χ1n) is 9.25. The fourth-order valence-electron chi connectivity index (χ4n) is 3.62. The summed E-state index contributed by atoms with van der Waals surface area (Å²) in [6.45, 7) is 1.42. The number of amides is 1. The molecule has 27 heavy (non-hydrogen) atoms. The van der Waals surface area contributed by atoms with Gasteiger partial charge in [-0.05, 0) is 42.9 Å². The molecule has 2 aliphatic rings. The zero-order valence-electron chi connectivity index (χ0n) is 15.0. The highest BCUT2D eigenvalue weighted by Crippen LogP contribution is 2.30. The number of nitrogens with zero attached hydrogens (tertiary/aromatic N) is 3. The molecule has 3 heterocycles. The molecule has 1 fully saturated rings. The molecule has 1 aromatic heterocycles. The molecule has 2 aromatic rings. The molecule has 7 heteroatoms. The molecule has 1 saturated heterocycles. The van der Waals surface area contributed by atoms with Gasteiger partial charge >= 0.3 is 6.09 Å². The Labute approximate surface area is 156 Å². The lowest BCUT2D eigenvalue weighted by atomic mass is 9.97. The lowest BCUT2D eigenvalue weighted by Gasteiger charge is -2.24. The second kappa shape index (κ2) is 7.52. The Morgan fingerprint density at radius 1 is 1.30 bits per heavy atom. The average molecular weight is 371 g/mol. The summed E-state index contributed by atoms with van der Waals surface area (Å²) >= 11 is 0. The first-order chi connectivity index (χ1) is 13.1. The van der Waals surface area contributed by atoms with Gasteiger partial charge in [-0.15, -0.1) is 0 Å². The van der Waals surface area contributed by atoms with E-state index in [0.717, 1.165) is 42.6 Å². The number of aromatic nitrogens is 2. The van der Waals surface area contributed by atoms with Crippen molar-refractivity contribution >= 4 is 11.7 Å². The van der Waals surface area contributed by atoms with E-state index >= 15 is 0 Å². The number of hydrogen-bond acceptors (Lipinski definition) is 3. The Morgan fingerprint density at radius 2 is 2.19 bits per heavy atom. The van der Waals surface area contributed by atoms with Gasteiger partial charge < -0.3 is 14.7 Å². The van der Waals surface area contributed by atoms with Crippen LogP contribution < -0.4 is 0 Å². The SMILES string of the molecule is O=C(O)N1CC=C(c2ccc(-c3cnn(C4CCCCO4)c3)cc2F)CC1.